The number of fused-ring (bicyclic) bond motifs is 1. The summed E-state index contributed by atoms with van der Waals surface area (Å²) in [5.74, 6) is 2.06. The molecule has 0 atom stereocenters. The first-order chi connectivity index (χ1) is 13.5. The van der Waals surface area contributed by atoms with Crippen LogP contribution in [0.25, 0.3) is 0 Å². The van der Waals surface area contributed by atoms with Gasteiger partial charge in [0.15, 0.2) is 11.5 Å². The second-order valence-corrected chi connectivity index (χ2v) is 9.61. The molecule has 1 N–H and O–H groups in total. The minimum absolute atomic E-state index is 0.256. The van der Waals surface area contributed by atoms with Gasteiger partial charge in [-0.15, -0.1) is 0 Å². The number of rotatable bonds is 5. The van der Waals surface area contributed by atoms with Crippen LogP contribution in [0.2, 0.25) is 0 Å². The van der Waals surface area contributed by atoms with E-state index in [9.17, 15) is 8.42 Å². The van der Waals surface area contributed by atoms with Gasteiger partial charge in [-0.2, -0.15) is 4.31 Å². The van der Waals surface area contributed by atoms with Gasteiger partial charge in [0.25, 0.3) is 0 Å². The van der Waals surface area contributed by atoms with Crippen molar-refractivity contribution < 1.29 is 27.5 Å². The molecule has 0 aliphatic carbocycles. The van der Waals surface area contributed by atoms with Gasteiger partial charge < -0.3 is 19.1 Å². The second-order valence-electron chi connectivity index (χ2n) is 6.81. The lowest BCUT2D eigenvalue weighted by Crippen LogP contribution is -3.13. The van der Waals surface area contributed by atoms with Crippen LogP contribution in [0.3, 0.4) is 0 Å². The molecule has 0 unspecified atom stereocenters. The van der Waals surface area contributed by atoms with E-state index in [1.165, 1.54) is 12.0 Å². The van der Waals surface area contributed by atoms with Gasteiger partial charge in [0.05, 0.1) is 42.7 Å². The number of halogens is 1. The number of hydrogen-bond donors (Lipinski definition) is 1. The number of benzene rings is 2. The van der Waals surface area contributed by atoms with Crippen molar-refractivity contribution in [3.05, 3.63) is 46.4 Å². The second kappa shape index (κ2) is 7.90. The molecular weight excluding hydrogens is 448 g/mol. The fraction of sp³-hybridized carbons (Fsp3) is 0.368. The normalized spacial score (nSPS) is 17.6. The highest BCUT2D eigenvalue weighted by atomic mass is 79.9. The average Bonchev–Trinajstić information content (AvgIpc) is 3.16. The highest BCUT2D eigenvalue weighted by Crippen LogP contribution is 2.32. The van der Waals surface area contributed by atoms with Crippen LogP contribution in [0.1, 0.15) is 5.56 Å². The van der Waals surface area contributed by atoms with Gasteiger partial charge in [0, 0.05) is 11.6 Å². The minimum Gasteiger partial charge on any atom is -0.496 e. The van der Waals surface area contributed by atoms with E-state index in [1.807, 2.05) is 18.2 Å². The van der Waals surface area contributed by atoms with E-state index < -0.39 is 10.0 Å². The summed E-state index contributed by atoms with van der Waals surface area (Å²) in [4.78, 5) is 1.60. The summed E-state index contributed by atoms with van der Waals surface area (Å²) in [6.07, 6.45) is 0. The fourth-order valence-corrected chi connectivity index (χ4v) is 5.37. The van der Waals surface area contributed by atoms with Gasteiger partial charge in [0.2, 0.25) is 16.8 Å². The number of quaternary nitrogens is 1. The summed E-state index contributed by atoms with van der Waals surface area (Å²) in [5.41, 5.74) is 1.16. The number of nitrogens with zero attached hydrogens (tertiary/aromatic N) is 1. The van der Waals surface area contributed by atoms with Gasteiger partial charge in [-0.1, -0.05) is 0 Å². The maximum Gasteiger partial charge on any atom is 0.243 e. The van der Waals surface area contributed by atoms with Crippen LogP contribution in [0.4, 0.5) is 0 Å². The molecule has 0 radical (unpaired) electrons. The summed E-state index contributed by atoms with van der Waals surface area (Å²) < 4.78 is 44.2. The van der Waals surface area contributed by atoms with Crippen molar-refractivity contribution in [2.24, 2.45) is 0 Å². The average molecular weight is 470 g/mol. The van der Waals surface area contributed by atoms with Gasteiger partial charge in [-0.05, 0) is 46.3 Å². The Morgan fingerprint density at radius 1 is 1.11 bits per heavy atom. The van der Waals surface area contributed by atoms with Crippen LogP contribution in [-0.2, 0) is 16.6 Å². The molecule has 0 bridgehead atoms. The number of sulfonamides is 1. The molecule has 2 aliphatic heterocycles. The topological polar surface area (TPSA) is 69.5 Å². The molecule has 1 saturated heterocycles. The first-order valence-corrected chi connectivity index (χ1v) is 11.3. The molecule has 2 aliphatic rings. The lowest BCUT2D eigenvalue weighted by molar-refractivity contribution is -0.917. The molecule has 9 heteroatoms. The Balaban J connectivity index is 1.40. The number of piperazine rings is 1. The molecule has 1 fully saturated rings. The molecule has 0 saturated carbocycles. The number of ether oxygens (including phenoxy) is 3. The van der Waals surface area contributed by atoms with Gasteiger partial charge in [-0.3, -0.25) is 0 Å². The largest absolute Gasteiger partial charge is 0.496 e. The Kier molecular flexibility index (Phi) is 5.50. The van der Waals surface area contributed by atoms with E-state index in [0.717, 1.165) is 41.2 Å². The molecule has 2 aromatic rings. The van der Waals surface area contributed by atoms with Gasteiger partial charge in [-0.25, -0.2) is 8.42 Å². The van der Waals surface area contributed by atoms with E-state index in [-0.39, 0.29) is 11.7 Å². The predicted molar refractivity (Wildman–Crippen MR) is 106 cm³/mol. The third kappa shape index (κ3) is 3.84. The van der Waals surface area contributed by atoms with Crippen molar-refractivity contribution in [2.45, 2.75) is 11.4 Å². The summed E-state index contributed by atoms with van der Waals surface area (Å²) >= 11 is 3.36. The zero-order valence-corrected chi connectivity index (χ0v) is 17.9. The van der Waals surface area contributed by atoms with Crippen molar-refractivity contribution >= 4 is 26.0 Å². The molecule has 0 spiro atoms. The van der Waals surface area contributed by atoms with Crippen molar-refractivity contribution in [1.82, 2.24) is 4.31 Å². The maximum atomic E-state index is 13.0. The monoisotopic (exact) mass is 469 g/mol. The summed E-state index contributed by atoms with van der Waals surface area (Å²) in [6.45, 7) is 3.57. The highest BCUT2D eigenvalue weighted by Gasteiger charge is 2.31. The molecule has 2 heterocycles. The SMILES string of the molecule is COc1cc(S(=O)(=O)N2CC[NH+](Cc3ccc4c(c3)OCO4)CC2)ccc1Br. The Morgan fingerprint density at radius 2 is 1.86 bits per heavy atom. The third-order valence-corrected chi connectivity index (χ3v) is 7.63. The maximum absolute atomic E-state index is 13.0. The van der Waals surface area contributed by atoms with Gasteiger partial charge >= 0.3 is 0 Å². The van der Waals surface area contributed by atoms with Crippen molar-refractivity contribution in [2.75, 3.05) is 40.1 Å². The predicted octanol–water partition coefficient (Wildman–Crippen LogP) is 1.28. The zero-order valence-electron chi connectivity index (χ0n) is 15.5. The lowest BCUT2D eigenvalue weighted by Gasteiger charge is -2.31. The quantitative estimate of drug-likeness (QED) is 0.713. The molecule has 2 aromatic carbocycles. The lowest BCUT2D eigenvalue weighted by atomic mass is 10.2. The van der Waals surface area contributed by atoms with E-state index in [4.69, 9.17) is 14.2 Å². The van der Waals surface area contributed by atoms with Crippen LogP contribution in [-0.4, -0.2) is 52.8 Å². The molecule has 0 aromatic heterocycles. The smallest absolute Gasteiger partial charge is 0.243 e. The van der Waals surface area contributed by atoms with E-state index in [1.54, 1.807) is 22.5 Å². The Hall–Kier alpha value is -1.81. The minimum atomic E-state index is -3.53. The number of hydrogen-bond acceptors (Lipinski definition) is 5. The molecular formula is C19H22BrN2O5S+. The van der Waals surface area contributed by atoms with Crippen LogP contribution in [0, 0.1) is 0 Å². The van der Waals surface area contributed by atoms with Crippen molar-refractivity contribution in [3.63, 3.8) is 0 Å². The Bertz CT molecular complexity index is 974. The molecule has 0 amide bonds. The molecule has 150 valence electrons. The third-order valence-electron chi connectivity index (χ3n) is 5.08. The first kappa shape index (κ1) is 19.5. The van der Waals surface area contributed by atoms with E-state index in [0.29, 0.717) is 18.8 Å². The fourth-order valence-electron chi connectivity index (χ4n) is 3.51. The number of nitrogens with one attached hydrogen (secondary N) is 1. The van der Waals surface area contributed by atoms with Gasteiger partial charge in [0.1, 0.15) is 12.3 Å². The highest BCUT2D eigenvalue weighted by molar-refractivity contribution is 9.10. The van der Waals surface area contributed by atoms with Crippen molar-refractivity contribution in [3.8, 4) is 17.2 Å². The summed E-state index contributed by atoms with van der Waals surface area (Å²) in [7, 11) is -2.01. The molecule has 28 heavy (non-hydrogen) atoms. The van der Waals surface area contributed by atoms with Crippen LogP contribution in [0.5, 0.6) is 17.2 Å². The van der Waals surface area contributed by atoms with Crippen LogP contribution < -0.4 is 19.1 Å². The number of methoxy groups -OCH3 is 1. The van der Waals surface area contributed by atoms with Crippen LogP contribution >= 0.6 is 15.9 Å². The van der Waals surface area contributed by atoms with E-state index in [2.05, 4.69) is 15.9 Å². The molecule has 4 rings (SSSR count). The first-order valence-electron chi connectivity index (χ1n) is 9.03. The zero-order chi connectivity index (χ0) is 19.7. The molecule has 7 nitrogen and oxygen atoms in total. The summed E-state index contributed by atoms with van der Waals surface area (Å²) in [5, 5.41) is 0. The standard InChI is InChI=1S/C19H21BrN2O5S/c1-25-18-11-15(3-4-16(18)20)28(23,24)22-8-6-21(7-9-22)12-14-2-5-17-19(10-14)27-13-26-17/h2-5,10-11H,6-9,12-13H2,1H3/p+1. The Morgan fingerprint density at radius 3 is 2.61 bits per heavy atom. The van der Waals surface area contributed by atoms with Crippen LogP contribution in [0.15, 0.2) is 45.8 Å². The Labute approximate surface area is 173 Å². The summed E-state index contributed by atoms with van der Waals surface area (Å²) in [6, 6.07) is 10.8. The van der Waals surface area contributed by atoms with Crippen molar-refractivity contribution in [1.29, 1.82) is 0 Å². The van der Waals surface area contributed by atoms with E-state index >= 15 is 0 Å².